The van der Waals surface area contributed by atoms with Crippen LogP contribution >= 0.6 is 0 Å². The molecule has 0 aliphatic heterocycles. The number of hydrogen-bond acceptors (Lipinski definition) is 5. The van der Waals surface area contributed by atoms with E-state index in [2.05, 4.69) is 19.6 Å². The van der Waals surface area contributed by atoms with E-state index in [9.17, 15) is 14.4 Å². The monoisotopic (exact) mass is 310 g/mol. The minimum Gasteiger partial charge on any atom is -0.458 e. The molecule has 0 heterocycles. The Hall–Kier alpha value is -1.43. The number of esters is 2. The highest BCUT2D eigenvalue weighted by Gasteiger charge is 2.51. The number of fused-ring (bicyclic) bond motifs is 1. The molecule has 0 spiro atoms. The van der Waals surface area contributed by atoms with E-state index in [-0.39, 0.29) is 11.7 Å². The number of Topliss-reactive ketones (excluding diaryl/α,β-unsaturated/α-hetero) is 1. The number of allylic oxidation sites excluding steroid dienone is 1. The standard InChI is InChI=1S/C15H22O5Si/c1-8(16)19-13-7-11-10(14(13)20-9(2)17)6-12(18)15(11)21(3,4)5/h10,13-14H,6-7H2,1-5H3/t10-,13+,14+/m1/s1. The second-order valence-electron chi connectivity index (χ2n) is 6.81. The zero-order valence-corrected chi connectivity index (χ0v) is 14.2. The summed E-state index contributed by atoms with van der Waals surface area (Å²) in [5, 5.41) is 0.944. The molecule has 2 aliphatic rings. The number of ketones is 1. The van der Waals surface area contributed by atoms with Crippen LogP contribution in [0, 0.1) is 5.92 Å². The van der Waals surface area contributed by atoms with Crippen molar-refractivity contribution in [2.45, 2.75) is 58.5 Å². The molecule has 0 amide bonds. The summed E-state index contributed by atoms with van der Waals surface area (Å²) in [6.45, 7) is 9.08. The van der Waals surface area contributed by atoms with Crippen molar-refractivity contribution in [3.05, 3.63) is 10.8 Å². The van der Waals surface area contributed by atoms with Crippen LogP contribution in [0.5, 0.6) is 0 Å². The van der Waals surface area contributed by atoms with Gasteiger partial charge in [0.05, 0.1) is 8.07 Å². The Bertz CT molecular complexity index is 529. The Morgan fingerprint density at radius 3 is 2.10 bits per heavy atom. The maximum atomic E-state index is 12.3. The Kier molecular flexibility index (Phi) is 4.10. The number of hydrogen-bond donors (Lipinski definition) is 0. The SMILES string of the molecule is CC(=O)O[C@@H]1[C@@H](OC(C)=O)CC2=C([Si](C)(C)C)C(=O)C[C@H]21. The van der Waals surface area contributed by atoms with Gasteiger partial charge in [-0.15, -0.1) is 0 Å². The Labute approximate surface area is 125 Å². The molecule has 5 nitrogen and oxygen atoms in total. The van der Waals surface area contributed by atoms with Crippen LogP contribution in [0.3, 0.4) is 0 Å². The first-order chi connectivity index (χ1) is 9.61. The van der Waals surface area contributed by atoms with Crippen molar-refractivity contribution in [1.82, 2.24) is 0 Å². The van der Waals surface area contributed by atoms with Crippen molar-refractivity contribution in [3.63, 3.8) is 0 Å². The lowest BCUT2D eigenvalue weighted by Crippen LogP contribution is -2.34. The summed E-state index contributed by atoms with van der Waals surface area (Å²) in [5.74, 6) is -0.744. The third-order valence-electron chi connectivity index (χ3n) is 4.01. The molecule has 0 aromatic rings. The van der Waals surface area contributed by atoms with E-state index >= 15 is 0 Å². The van der Waals surface area contributed by atoms with Crippen LogP contribution in [0.1, 0.15) is 26.7 Å². The van der Waals surface area contributed by atoms with Gasteiger partial charge in [0, 0.05) is 32.6 Å². The van der Waals surface area contributed by atoms with Gasteiger partial charge in [-0.3, -0.25) is 14.4 Å². The largest absolute Gasteiger partial charge is 0.458 e. The second kappa shape index (κ2) is 5.40. The van der Waals surface area contributed by atoms with Crippen LogP contribution in [0.15, 0.2) is 10.8 Å². The van der Waals surface area contributed by atoms with Crippen molar-refractivity contribution in [1.29, 1.82) is 0 Å². The highest BCUT2D eigenvalue weighted by atomic mass is 28.3. The molecule has 3 atom stereocenters. The lowest BCUT2D eigenvalue weighted by Gasteiger charge is -2.22. The van der Waals surface area contributed by atoms with Crippen molar-refractivity contribution < 1.29 is 23.9 Å². The van der Waals surface area contributed by atoms with Gasteiger partial charge < -0.3 is 9.47 Å². The highest BCUT2D eigenvalue weighted by Crippen LogP contribution is 2.47. The molecule has 0 bridgehead atoms. The molecule has 0 unspecified atom stereocenters. The van der Waals surface area contributed by atoms with Crippen LogP contribution in [0.4, 0.5) is 0 Å². The second-order valence-corrected chi connectivity index (χ2v) is 11.8. The summed E-state index contributed by atoms with van der Waals surface area (Å²) in [7, 11) is -1.76. The van der Waals surface area contributed by atoms with Gasteiger partial charge in [-0.05, 0) is 5.20 Å². The molecule has 0 aromatic heterocycles. The van der Waals surface area contributed by atoms with Gasteiger partial charge in [0.1, 0.15) is 12.2 Å². The van der Waals surface area contributed by atoms with Gasteiger partial charge in [-0.25, -0.2) is 0 Å². The molecule has 0 radical (unpaired) electrons. The molecule has 116 valence electrons. The fraction of sp³-hybridized carbons (Fsp3) is 0.667. The topological polar surface area (TPSA) is 69.7 Å². The fourth-order valence-electron chi connectivity index (χ4n) is 3.52. The first-order valence-corrected chi connectivity index (χ1v) is 10.7. The van der Waals surface area contributed by atoms with Crippen molar-refractivity contribution in [2.75, 3.05) is 0 Å². The summed E-state index contributed by atoms with van der Waals surface area (Å²) in [5.41, 5.74) is 1.05. The lowest BCUT2D eigenvalue weighted by atomic mass is 10.0. The molecular formula is C15H22O5Si. The highest BCUT2D eigenvalue weighted by molar-refractivity contribution is 6.87. The number of carbonyl (C=O) groups is 3. The summed E-state index contributed by atoms with van der Waals surface area (Å²) in [6, 6.07) is 0. The van der Waals surface area contributed by atoms with Crippen LogP contribution < -0.4 is 0 Å². The quantitative estimate of drug-likeness (QED) is 0.589. The first kappa shape index (κ1) is 15.9. The molecular weight excluding hydrogens is 288 g/mol. The third-order valence-corrected chi connectivity index (χ3v) is 6.11. The van der Waals surface area contributed by atoms with Gasteiger partial charge in [0.2, 0.25) is 0 Å². The van der Waals surface area contributed by atoms with Crippen LogP contribution in [0.2, 0.25) is 19.6 Å². The minimum atomic E-state index is -1.76. The molecule has 6 heteroatoms. The molecule has 2 rings (SSSR count). The Morgan fingerprint density at radius 1 is 1.05 bits per heavy atom. The van der Waals surface area contributed by atoms with E-state index in [1.54, 1.807) is 0 Å². The zero-order valence-electron chi connectivity index (χ0n) is 13.2. The van der Waals surface area contributed by atoms with E-state index in [4.69, 9.17) is 9.47 Å². The first-order valence-electron chi connectivity index (χ1n) is 7.22. The van der Waals surface area contributed by atoms with Gasteiger partial charge in [0.25, 0.3) is 0 Å². The van der Waals surface area contributed by atoms with Crippen molar-refractivity contribution >= 4 is 25.8 Å². The van der Waals surface area contributed by atoms with E-state index in [0.717, 1.165) is 10.8 Å². The number of rotatable bonds is 3. The average Bonchev–Trinajstić information content (AvgIpc) is 2.73. The summed E-state index contributed by atoms with van der Waals surface area (Å²) in [6.07, 6.45) is -0.122. The third kappa shape index (κ3) is 3.10. The summed E-state index contributed by atoms with van der Waals surface area (Å²) in [4.78, 5) is 34.9. The normalized spacial score (nSPS) is 28.6. The van der Waals surface area contributed by atoms with E-state index in [0.29, 0.717) is 12.8 Å². The predicted octanol–water partition coefficient (Wildman–Crippen LogP) is 2.02. The van der Waals surface area contributed by atoms with E-state index < -0.39 is 32.2 Å². The average molecular weight is 310 g/mol. The fourth-order valence-corrected chi connectivity index (χ4v) is 5.71. The predicted molar refractivity (Wildman–Crippen MR) is 79.2 cm³/mol. The van der Waals surface area contributed by atoms with Gasteiger partial charge in [-0.1, -0.05) is 25.2 Å². The van der Waals surface area contributed by atoms with E-state index in [1.807, 2.05) is 0 Å². The molecule has 2 aliphatic carbocycles. The summed E-state index contributed by atoms with van der Waals surface area (Å²) < 4.78 is 10.7. The van der Waals surface area contributed by atoms with E-state index in [1.165, 1.54) is 13.8 Å². The number of ether oxygens (including phenoxy) is 2. The van der Waals surface area contributed by atoms with Gasteiger partial charge in [-0.2, -0.15) is 0 Å². The lowest BCUT2D eigenvalue weighted by molar-refractivity contribution is -0.165. The smallest absolute Gasteiger partial charge is 0.303 e. The van der Waals surface area contributed by atoms with Gasteiger partial charge >= 0.3 is 11.9 Å². The van der Waals surface area contributed by atoms with Crippen molar-refractivity contribution in [3.8, 4) is 0 Å². The molecule has 0 N–H and O–H groups in total. The molecule has 1 saturated carbocycles. The summed E-state index contributed by atoms with van der Waals surface area (Å²) >= 11 is 0. The Morgan fingerprint density at radius 2 is 1.62 bits per heavy atom. The van der Waals surface area contributed by atoms with Crippen LogP contribution in [-0.2, 0) is 23.9 Å². The zero-order chi connectivity index (χ0) is 15.9. The van der Waals surface area contributed by atoms with Crippen LogP contribution in [-0.4, -0.2) is 38.0 Å². The van der Waals surface area contributed by atoms with Gasteiger partial charge in [0.15, 0.2) is 5.78 Å². The number of carbonyl (C=O) groups excluding carboxylic acids is 3. The molecule has 21 heavy (non-hydrogen) atoms. The molecule has 0 saturated heterocycles. The maximum absolute atomic E-state index is 12.3. The molecule has 1 fully saturated rings. The van der Waals surface area contributed by atoms with Crippen LogP contribution in [0.25, 0.3) is 0 Å². The minimum absolute atomic E-state index is 0.118. The van der Waals surface area contributed by atoms with Crippen molar-refractivity contribution in [2.24, 2.45) is 5.92 Å². The Balaban J connectivity index is 2.38. The molecule has 0 aromatic carbocycles. The maximum Gasteiger partial charge on any atom is 0.303 e.